The van der Waals surface area contributed by atoms with E-state index in [4.69, 9.17) is 5.73 Å². The van der Waals surface area contributed by atoms with Crippen molar-refractivity contribution in [2.24, 2.45) is 5.73 Å². The summed E-state index contributed by atoms with van der Waals surface area (Å²) in [6.07, 6.45) is 5.10. The molecule has 1 unspecified atom stereocenters. The van der Waals surface area contributed by atoms with Crippen LogP contribution < -0.4 is 5.73 Å². The molecule has 1 saturated heterocycles. The molecule has 14 heavy (non-hydrogen) atoms. The van der Waals surface area contributed by atoms with Crippen LogP contribution in [0.5, 0.6) is 0 Å². The first-order chi connectivity index (χ1) is 6.70. The predicted octanol–water partition coefficient (Wildman–Crippen LogP) is -0.589. The number of primary amides is 1. The quantitative estimate of drug-likeness (QED) is 0.648. The molecule has 0 bridgehead atoms. The number of nitrogens with two attached hydrogens (primary N) is 1. The molecule has 1 atom stereocenters. The van der Waals surface area contributed by atoms with Crippen molar-refractivity contribution in [2.75, 3.05) is 6.54 Å². The van der Waals surface area contributed by atoms with Crippen LogP contribution in [0.15, 0.2) is 18.7 Å². The van der Waals surface area contributed by atoms with Gasteiger partial charge in [0.05, 0.1) is 0 Å². The zero-order valence-corrected chi connectivity index (χ0v) is 7.46. The Balaban J connectivity index is 2.10. The summed E-state index contributed by atoms with van der Waals surface area (Å²) in [5.74, 6) is -0.454. The molecule has 2 rings (SSSR count). The monoisotopic (exact) mass is 194 g/mol. The van der Waals surface area contributed by atoms with Crippen molar-refractivity contribution < 1.29 is 9.59 Å². The molecule has 74 valence electrons. The van der Waals surface area contributed by atoms with Crippen LogP contribution in [0.4, 0.5) is 4.79 Å². The maximum atomic E-state index is 11.6. The third-order valence-corrected chi connectivity index (χ3v) is 2.32. The van der Waals surface area contributed by atoms with Crippen molar-refractivity contribution >= 4 is 11.9 Å². The summed E-state index contributed by atoms with van der Waals surface area (Å²) in [5, 5.41) is 0. The van der Waals surface area contributed by atoms with Gasteiger partial charge in [-0.1, -0.05) is 0 Å². The van der Waals surface area contributed by atoms with Crippen molar-refractivity contribution in [3.05, 3.63) is 18.7 Å². The summed E-state index contributed by atoms with van der Waals surface area (Å²) >= 11 is 0. The second-order valence-electron chi connectivity index (χ2n) is 3.15. The minimum Gasteiger partial charge on any atom is -0.368 e. The Morgan fingerprint density at radius 1 is 1.50 bits per heavy atom. The van der Waals surface area contributed by atoms with Crippen LogP contribution in [-0.2, 0) is 4.79 Å². The average molecular weight is 194 g/mol. The highest BCUT2D eigenvalue weighted by Crippen LogP contribution is 2.17. The van der Waals surface area contributed by atoms with E-state index in [0.29, 0.717) is 13.0 Å². The number of likely N-dealkylation sites (tertiary alicyclic amines) is 1. The Morgan fingerprint density at radius 3 is 2.71 bits per heavy atom. The van der Waals surface area contributed by atoms with E-state index >= 15 is 0 Å². The summed E-state index contributed by atoms with van der Waals surface area (Å²) in [6, 6.07) is -0.706. The number of hydrogen-bond donors (Lipinski definition) is 1. The van der Waals surface area contributed by atoms with Gasteiger partial charge in [0, 0.05) is 18.9 Å². The van der Waals surface area contributed by atoms with Crippen LogP contribution in [0, 0.1) is 0 Å². The minimum atomic E-state index is -0.454. The molecule has 6 nitrogen and oxygen atoms in total. The first kappa shape index (κ1) is 8.74. The van der Waals surface area contributed by atoms with Crippen LogP contribution >= 0.6 is 0 Å². The maximum absolute atomic E-state index is 11.6. The molecule has 0 saturated carbocycles. The molecular formula is C8H10N4O2. The lowest BCUT2D eigenvalue weighted by Crippen LogP contribution is -2.58. The van der Waals surface area contributed by atoms with E-state index < -0.39 is 11.9 Å². The predicted molar refractivity (Wildman–Crippen MR) is 47.3 cm³/mol. The van der Waals surface area contributed by atoms with E-state index in [0.717, 1.165) is 0 Å². The van der Waals surface area contributed by atoms with Crippen LogP contribution in [0.3, 0.4) is 0 Å². The number of imidazole rings is 1. The summed E-state index contributed by atoms with van der Waals surface area (Å²) in [6.45, 7) is 0.574. The Kier molecular flexibility index (Phi) is 1.95. The number of rotatable bonds is 1. The summed E-state index contributed by atoms with van der Waals surface area (Å²) < 4.78 is 1.33. The number of aromatic nitrogens is 2. The van der Waals surface area contributed by atoms with E-state index in [2.05, 4.69) is 4.98 Å². The fourth-order valence-corrected chi connectivity index (χ4v) is 1.43. The van der Waals surface area contributed by atoms with Crippen molar-refractivity contribution in [3.63, 3.8) is 0 Å². The number of amides is 2. The second-order valence-corrected chi connectivity index (χ2v) is 3.15. The Morgan fingerprint density at radius 2 is 2.29 bits per heavy atom. The third-order valence-electron chi connectivity index (χ3n) is 2.32. The number of carbonyl (C=O) groups excluding carboxylic acids is 2. The third kappa shape index (κ3) is 1.24. The molecule has 1 fully saturated rings. The van der Waals surface area contributed by atoms with Gasteiger partial charge in [-0.3, -0.25) is 9.36 Å². The first-order valence-corrected chi connectivity index (χ1v) is 4.28. The van der Waals surface area contributed by atoms with Gasteiger partial charge in [0.2, 0.25) is 5.91 Å². The topological polar surface area (TPSA) is 81.2 Å². The van der Waals surface area contributed by atoms with Gasteiger partial charge in [-0.05, 0) is 6.42 Å². The highest BCUT2D eigenvalue weighted by atomic mass is 16.2. The van der Waals surface area contributed by atoms with E-state index in [1.54, 1.807) is 6.20 Å². The molecule has 0 aliphatic carbocycles. The molecule has 1 aromatic heterocycles. The Bertz CT molecular complexity index is 359. The molecule has 1 aliphatic rings. The molecule has 0 spiro atoms. The normalized spacial score (nSPS) is 20.3. The van der Waals surface area contributed by atoms with Crippen LogP contribution in [0.1, 0.15) is 6.42 Å². The number of nitrogens with zero attached hydrogens (tertiary/aromatic N) is 3. The van der Waals surface area contributed by atoms with Crippen molar-refractivity contribution in [3.8, 4) is 0 Å². The van der Waals surface area contributed by atoms with Gasteiger partial charge >= 0.3 is 6.03 Å². The van der Waals surface area contributed by atoms with E-state index in [1.807, 2.05) is 0 Å². The summed E-state index contributed by atoms with van der Waals surface area (Å²) in [5.41, 5.74) is 5.12. The van der Waals surface area contributed by atoms with Gasteiger partial charge in [0.1, 0.15) is 12.4 Å². The van der Waals surface area contributed by atoms with Gasteiger partial charge in [0.25, 0.3) is 0 Å². The Hall–Kier alpha value is -1.85. The van der Waals surface area contributed by atoms with Gasteiger partial charge in [-0.25, -0.2) is 9.78 Å². The van der Waals surface area contributed by atoms with Crippen LogP contribution in [0.25, 0.3) is 0 Å². The molecule has 0 aromatic carbocycles. The highest BCUT2D eigenvalue weighted by molar-refractivity contribution is 5.88. The highest BCUT2D eigenvalue weighted by Gasteiger charge is 2.36. The molecule has 2 N–H and O–H groups in total. The molecule has 1 aliphatic heterocycles. The lowest BCUT2D eigenvalue weighted by Gasteiger charge is -2.38. The summed E-state index contributed by atoms with van der Waals surface area (Å²) in [7, 11) is 0. The largest absolute Gasteiger partial charge is 0.368 e. The van der Waals surface area contributed by atoms with E-state index in [1.165, 1.54) is 22.0 Å². The SMILES string of the molecule is NC(=O)C1CCN1C(=O)n1ccnc1. The molecule has 2 amide bonds. The van der Waals surface area contributed by atoms with E-state index in [9.17, 15) is 9.59 Å². The standard InChI is InChI=1S/C8H10N4O2/c9-7(13)6-1-3-12(6)8(14)11-4-2-10-5-11/h2,4-6H,1,3H2,(H2,9,13). The zero-order valence-electron chi connectivity index (χ0n) is 7.46. The average Bonchev–Trinajstić information content (AvgIpc) is 2.51. The molecule has 0 radical (unpaired) electrons. The summed E-state index contributed by atoms with van der Waals surface area (Å²) in [4.78, 5) is 27.7. The zero-order chi connectivity index (χ0) is 10.1. The molecule has 2 heterocycles. The number of carbonyl (C=O) groups is 2. The van der Waals surface area contributed by atoms with Crippen molar-refractivity contribution in [1.82, 2.24) is 14.5 Å². The van der Waals surface area contributed by atoms with Gasteiger partial charge in [-0.15, -0.1) is 0 Å². The molecular weight excluding hydrogens is 184 g/mol. The van der Waals surface area contributed by atoms with Gasteiger partial charge in [0.15, 0.2) is 0 Å². The van der Waals surface area contributed by atoms with E-state index in [-0.39, 0.29) is 6.03 Å². The molecule has 6 heteroatoms. The minimum absolute atomic E-state index is 0.252. The smallest absolute Gasteiger partial charge is 0.330 e. The fourth-order valence-electron chi connectivity index (χ4n) is 1.43. The number of hydrogen-bond acceptors (Lipinski definition) is 3. The first-order valence-electron chi connectivity index (χ1n) is 4.28. The maximum Gasteiger partial charge on any atom is 0.330 e. The molecule has 1 aromatic rings. The van der Waals surface area contributed by atoms with Crippen LogP contribution in [-0.4, -0.2) is 39.0 Å². The van der Waals surface area contributed by atoms with Gasteiger partial charge in [-0.2, -0.15) is 0 Å². The van der Waals surface area contributed by atoms with Crippen LogP contribution in [0.2, 0.25) is 0 Å². The lowest BCUT2D eigenvalue weighted by molar-refractivity contribution is -0.125. The van der Waals surface area contributed by atoms with Crippen molar-refractivity contribution in [2.45, 2.75) is 12.5 Å². The van der Waals surface area contributed by atoms with Gasteiger partial charge < -0.3 is 10.6 Å². The lowest BCUT2D eigenvalue weighted by atomic mass is 10.0. The van der Waals surface area contributed by atoms with Crippen molar-refractivity contribution in [1.29, 1.82) is 0 Å². The Labute approximate surface area is 80.3 Å². The fraction of sp³-hybridized carbons (Fsp3) is 0.375. The second kappa shape index (κ2) is 3.13.